The lowest BCUT2D eigenvalue weighted by atomic mass is 9.75. The van der Waals surface area contributed by atoms with Crippen molar-refractivity contribution in [2.45, 2.75) is 37.7 Å². The van der Waals surface area contributed by atoms with Crippen LogP contribution in [0.4, 0.5) is 40.8 Å². The van der Waals surface area contributed by atoms with Crippen molar-refractivity contribution < 1.29 is 54.9 Å². The third-order valence-corrected chi connectivity index (χ3v) is 6.61. The van der Waals surface area contributed by atoms with E-state index in [1.165, 1.54) is 0 Å². The van der Waals surface area contributed by atoms with Gasteiger partial charge in [0.05, 0.1) is 12.0 Å². The summed E-state index contributed by atoms with van der Waals surface area (Å²) in [4.78, 5) is 26.4. The van der Waals surface area contributed by atoms with Crippen LogP contribution >= 0.6 is 11.3 Å². The number of para-hydroxylation sites is 1. The number of nitrogens with zero attached hydrogens (tertiary/aromatic N) is 3. The first-order chi connectivity index (χ1) is 17.5. The third-order valence-electron chi connectivity index (χ3n) is 5.85. The zero-order valence-electron chi connectivity index (χ0n) is 19.5. The Morgan fingerprint density at radius 1 is 0.921 bits per heavy atom. The van der Waals surface area contributed by atoms with Crippen LogP contribution in [0, 0.1) is 5.41 Å². The van der Waals surface area contributed by atoms with Gasteiger partial charge in [-0.15, -0.1) is 11.3 Å². The smallest absolute Gasteiger partial charge is 0.475 e. The largest absolute Gasteiger partial charge is 0.490 e. The number of carboxylic acid groups (broad SMARTS) is 2. The third kappa shape index (κ3) is 8.51. The van der Waals surface area contributed by atoms with Crippen LogP contribution in [0.15, 0.2) is 41.9 Å². The van der Waals surface area contributed by atoms with Crippen LogP contribution in [0.25, 0.3) is 0 Å². The van der Waals surface area contributed by atoms with E-state index in [-0.39, 0.29) is 6.42 Å². The summed E-state index contributed by atoms with van der Waals surface area (Å²) in [5.41, 5.74) is 0.0976. The summed E-state index contributed by atoms with van der Waals surface area (Å²) in [6.07, 6.45) is -7.90. The number of thiazole rings is 1. The van der Waals surface area contributed by atoms with Gasteiger partial charge in [0.25, 0.3) is 5.92 Å². The number of rotatable bonds is 3. The van der Waals surface area contributed by atoms with Gasteiger partial charge in [0.15, 0.2) is 0 Å². The van der Waals surface area contributed by atoms with Crippen LogP contribution in [0.3, 0.4) is 0 Å². The van der Waals surface area contributed by atoms with E-state index in [2.05, 4.69) is 14.8 Å². The Bertz CT molecular complexity index is 1030. The number of piperidine rings is 1. The fourth-order valence-electron chi connectivity index (χ4n) is 4.00. The molecular formula is C22H23F8N3O4S. The molecule has 2 aliphatic heterocycles. The molecule has 3 heterocycles. The normalized spacial score (nSPS) is 21.2. The number of aliphatic carboxylic acids is 2. The first-order valence-electron chi connectivity index (χ1n) is 10.9. The standard InChI is InChI=1S/C18H21F2N3S.2C2HF3O2/c19-18(20)7-9-22(12-16-21-8-11-24-16)13-17(18)6-10-23(14-17)15-4-2-1-3-5-15;2*3-2(4,5)1(6)7/h1-5,8,11H,6-7,9-10,12-14H2;2*(H,6,7). The Labute approximate surface area is 215 Å². The Kier molecular flexibility index (Phi) is 10.0. The molecule has 212 valence electrons. The predicted octanol–water partition coefficient (Wildman–Crippen LogP) is 5.15. The highest BCUT2D eigenvalue weighted by Crippen LogP contribution is 2.50. The fourth-order valence-corrected chi connectivity index (χ4v) is 4.66. The monoisotopic (exact) mass is 577 g/mol. The minimum absolute atomic E-state index is 0.0546. The van der Waals surface area contributed by atoms with Gasteiger partial charge in [-0.2, -0.15) is 26.3 Å². The van der Waals surface area contributed by atoms with E-state index in [4.69, 9.17) is 19.8 Å². The number of likely N-dealkylation sites (tertiary alicyclic amines) is 1. The van der Waals surface area contributed by atoms with Crippen molar-refractivity contribution in [3.8, 4) is 0 Å². The number of aromatic nitrogens is 1. The van der Waals surface area contributed by atoms with Crippen molar-refractivity contribution in [1.29, 1.82) is 0 Å². The van der Waals surface area contributed by atoms with Crippen LogP contribution < -0.4 is 4.90 Å². The van der Waals surface area contributed by atoms with E-state index >= 15 is 0 Å². The van der Waals surface area contributed by atoms with Gasteiger partial charge in [0.2, 0.25) is 0 Å². The Morgan fingerprint density at radius 2 is 1.47 bits per heavy atom. The van der Waals surface area contributed by atoms with E-state index in [0.29, 0.717) is 39.1 Å². The van der Waals surface area contributed by atoms with E-state index in [1.807, 2.05) is 35.7 Å². The maximum Gasteiger partial charge on any atom is 0.490 e. The maximum absolute atomic E-state index is 14.8. The molecule has 0 amide bonds. The predicted molar refractivity (Wildman–Crippen MR) is 120 cm³/mol. The number of anilines is 1. The molecule has 1 unspecified atom stereocenters. The number of alkyl halides is 8. The molecule has 38 heavy (non-hydrogen) atoms. The molecule has 1 aromatic carbocycles. The van der Waals surface area contributed by atoms with Gasteiger partial charge in [-0.05, 0) is 18.6 Å². The first-order valence-corrected chi connectivity index (χ1v) is 11.7. The summed E-state index contributed by atoms with van der Waals surface area (Å²) in [7, 11) is 0. The quantitative estimate of drug-likeness (QED) is 0.488. The molecule has 0 saturated carbocycles. The van der Waals surface area contributed by atoms with Crippen molar-refractivity contribution in [1.82, 2.24) is 9.88 Å². The highest BCUT2D eigenvalue weighted by atomic mass is 32.1. The van der Waals surface area contributed by atoms with Gasteiger partial charge < -0.3 is 15.1 Å². The van der Waals surface area contributed by atoms with Crippen molar-refractivity contribution >= 4 is 29.0 Å². The van der Waals surface area contributed by atoms with E-state index < -0.39 is 35.6 Å². The Morgan fingerprint density at radius 3 is 1.95 bits per heavy atom. The van der Waals surface area contributed by atoms with E-state index in [1.54, 1.807) is 17.5 Å². The van der Waals surface area contributed by atoms with Gasteiger partial charge in [-0.3, -0.25) is 4.90 Å². The average molecular weight is 577 g/mol. The minimum Gasteiger partial charge on any atom is -0.475 e. The molecular weight excluding hydrogens is 554 g/mol. The summed E-state index contributed by atoms with van der Waals surface area (Å²) < 4.78 is 93.2. The van der Waals surface area contributed by atoms with Gasteiger partial charge in [-0.1, -0.05) is 18.2 Å². The molecule has 2 aromatic rings. The van der Waals surface area contributed by atoms with Gasteiger partial charge in [0.1, 0.15) is 5.01 Å². The minimum atomic E-state index is -5.08. The molecule has 0 radical (unpaired) electrons. The van der Waals surface area contributed by atoms with Crippen LogP contribution in [0.5, 0.6) is 0 Å². The number of carboxylic acids is 2. The second-order valence-corrected chi connectivity index (χ2v) is 9.46. The maximum atomic E-state index is 14.8. The van der Waals surface area contributed by atoms with Crippen LogP contribution in [-0.4, -0.2) is 76.5 Å². The number of carbonyl (C=O) groups is 2. The lowest BCUT2D eigenvalue weighted by Gasteiger charge is -2.45. The van der Waals surface area contributed by atoms with Gasteiger partial charge in [0, 0.05) is 49.9 Å². The Hall–Kier alpha value is -3.01. The van der Waals surface area contributed by atoms with E-state index in [9.17, 15) is 35.1 Å². The van der Waals surface area contributed by atoms with Crippen molar-refractivity contribution in [3.63, 3.8) is 0 Å². The molecule has 1 spiro atoms. The lowest BCUT2D eigenvalue weighted by molar-refractivity contribution is -0.193. The summed E-state index contributed by atoms with van der Waals surface area (Å²) in [6, 6.07) is 9.91. The Balaban J connectivity index is 0.000000301. The van der Waals surface area contributed by atoms with Crippen LogP contribution in [-0.2, 0) is 16.1 Å². The molecule has 0 aliphatic carbocycles. The molecule has 0 bridgehead atoms. The molecule has 2 fully saturated rings. The van der Waals surface area contributed by atoms with Crippen LogP contribution in [0.2, 0.25) is 0 Å². The highest BCUT2D eigenvalue weighted by molar-refractivity contribution is 7.09. The highest BCUT2D eigenvalue weighted by Gasteiger charge is 2.59. The molecule has 2 saturated heterocycles. The molecule has 7 nitrogen and oxygen atoms in total. The van der Waals surface area contributed by atoms with Crippen molar-refractivity contribution in [2.75, 3.05) is 31.1 Å². The lowest BCUT2D eigenvalue weighted by Crippen LogP contribution is -2.56. The molecule has 1 aromatic heterocycles. The van der Waals surface area contributed by atoms with Crippen molar-refractivity contribution in [3.05, 3.63) is 46.9 Å². The number of benzene rings is 1. The summed E-state index contributed by atoms with van der Waals surface area (Å²) in [5, 5.41) is 17.2. The summed E-state index contributed by atoms with van der Waals surface area (Å²) in [5.74, 6) is -8.12. The summed E-state index contributed by atoms with van der Waals surface area (Å²) >= 11 is 1.59. The molecule has 1 atom stereocenters. The second-order valence-electron chi connectivity index (χ2n) is 8.48. The number of halogens is 8. The van der Waals surface area contributed by atoms with E-state index in [0.717, 1.165) is 10.7 Å². The zero-order valence-corrected chi connectivity index (χ0v) is 20.3. The second kappa shape index (κ2) is 12.2. The topological polar surface area (TPSA) is 94.0 Å². The average Bonchev–Trinajstić information content (AvgIpc) is 3.48. The number of hydrogen-bond donors (Lipinski definition) is 2. The van der Waals surface area contributed by atoms with Crippen LogP contribution in [0.1, 0.15) is 17.8 Å². The van der Waals surface area contributed by atoms with Gasteiger partial charge in [-0.25, -0.2) is 23.4 Å². The molecule has 2 aliphatic rings. The zero-order chi connectivity index (χ0) is 28.8. The first kappa shape index (κ1) is 31.2. The van der Waals surface area contributed by atoms with Crippen molar-refractivity contribution in [2.24, 2.45) is 5.41 Å². The molecule has 2 N–H and O–H groups in total. The van der Waals surface area contributed by atoms with Gasteiger partial charge >= 0.3 is 24.3 Å². The summed E-state index contributed by atoms with van der Waals surface area (Å²) in [6.45, 7) is 2.70. The molecule has 16 heteroatoms. The number of hydrogen-bond acceptors (Lipinski definition) is 6. The SMILES string of the molecule is FC1(F)CCN(Cc2nccs2)CC12CCN(c1ccccc1)C2.O=C(O)C(F)(F)F.O=C(O)C(F)(F)F. The fraction of sp³-hybridized carbons (Fsp3) is 0.500. The molecule has 4 rings (SSSR count).